The van der Waals surface area contributed by atoms with Crippen molar-refractivity contribution >= 4 is 122 Å². The maximum absolute atomic E-state index is 13.7. The molecule has 11 heterocycles. The van der Waals surface area contributed by atoms with Crippen molar-refractivity contribution in [2.24, 2.45) is 27.3 Å². The zero-order chi connectivity index (χ0) is 87.7. The van der Waals surface area contributed by atoms with E-state index in [0.29, 0.717) is 103 Å². The number of allylic oxidation sites excluding steroid dienone is 1. The number of rotatable bonds is 24. The first-order chi connectivity index (χ1) is 59.2. The Morgan fingerprint density at radius 1 is 0.500 bits per heavy atom. The van der Waals surface area contributed by atoms with Gasteiger partial charge in [0.2, 0.25) is 17.7 Å². The van der Waals surface area contributed by atoms with E-state index >= 15 is 0 Å². The van der Waals surface area contributed by atoms with Crippen LogP contribution in [0.15, 0.2) is 150 Å². The molecule has 0 radical (unpaired) electrons. The fourth-order valence-corrected chi connectivity index (χ4v) is 18.3. The second-order valence-electron chi connectivity index (χ2n) is 32.6. The molecule has 124 heavy (non-hydrogen) atoms. The van der Waals surface area contributed by atoms with E-state index in [9.17, 15) is 58.3 Å². The van der Waals surface area contributed by atoms with Crippen LogP contribution in [-0.4, -0.2) is 235 Å². The number of hydrogen-bond donors (Lipinski definition) is 9. The molecule has 2 aliphatic carbocycles. The quantitative estimate of drug-likeness (QED) is 0.0117. The van der Waals surface area contributed by atoms with Gasteiger partial charge in [-0.05, 0) is 239 Å². The highest BCUT2D eigenvalue weighted by atomic mass is 32.2. The van der Waals surface area contributed by atoms with Crippen molar-refractivity contribution < 1.29 is 72.6 Å². The van der Waals surface area contributed by atoms with Crippen LogP contribution in [0, 0.1) is 24.7 Å². The molecular weight excluding hydrogens is 1680 g/mol. The van der Waals surface area contributed by atoms with E-state index in [1.54, 1.807) is 73.7 Å². The molecule has 16 rings (SSSR count). The minimum absolute atomic E-state index is 0. The third kappa shape index (κ3) is 24.1. The van der Waals surface area contributed by atoms with Gasteiger partial charge in [-0.3, -0.25) is 34.4 Å². The SMILES string of the molecule is CC(N)=CC(N)=Nc1cc(N2CCC(N3CCC(F)C3)CC2)nc(Sc2ccc(NC(=O)CC(F)(F)F)cc2)n1.Cc1cc(Nc2cc(N3CCC(N4CCCC4)CC3)nc(Sc3ccc(NC(=O)C4(C(F)(F)F)CC4)cc3)n2)n[nH]1.Cc1cc(Nc2cc(N3CCC(N4CCN(C)CC4)CC3)nc(Sc3ccc(NC(=O)C4(C(F)(F)F)CC4)cc3)n2)n[nH]1.[HH].[HH].[HH].[HH].[HH].[HH].[HH].[HH].[HH].[HH]. The highest BCUT2D eigenvalue weighted by Crippen LogP contribution is 2.59. The Balaban J connectivity index is 0.000000405. The second kappa shape index (κ2) is 39.2. The van der Waals surface area contributed by atoms with Gasteiger partial charge in [-0.1, -0.05) is 0 Å². The Labute approximate surface area is 738 Å². The van der Waals surface area contributed by atoms with Crippen LogP contribution in [0.3, 0.4) is 0 Å². The number of likely N-dealkylation sites (N-methyl/N-ethyl adjacent to an activating group) is 1. The van der Waals surface area contributed by atoms with Crippen molar-refractivity contribution in [1.29, 1.82) is 0 Å². The smallest absolute Gasteiger partial charge is 0.402 e. The molecule has 5 aromatic heterocycles. The fraction of sp³-hybridized carbons (Fsp3) is 0.494. The number of carbonyl (C=O) groups is 3. The van der Waals surface area contributed by atoms with Crippen LogP contribution in [0.25, 0.3) is 0 Å². The third-order valence-electron chi connectivity index (χ3n) is 23.2. The largest absolute Gasteiger partial charge is 0.403 e. The predicted molar refractivity (Wildman–Crippen MR) is 480 cm³/mol. The number of aromatic amines is 2. The van der Waals surface area contributed by atoms with Crippen molar-refractivity contribution in [1.82, 2.24) is 69.9 Å². The van der Waals surface area contributed by atoms with Crippen LogP contribution in [-0.2, 0) is 14.4 Å². The molecule has 6 aliphatic heterocycles. The molecule has 8 aromatic rings. The lowest BCUT2D eigenvalue weighted by Crippen LogP contribution is -2.52. The van der Waals surface area contributed by atoms with E-state index in [0.717, 1.165) is 143 Å². The number of carbonyl (C=O) groups excluding carboxylic acids is 3. The fourth-order valence-electron chi connectivity index (χ4n) is 16.0. The number of aliphatic imine (C=N–C) groups is 1. The Kier molecular flexibility index (Phi) is 28.5. The summed E-state index contributed by atoms with van der Waals surface area (Å²) in [6, 6.07) is 30.7. The van der Waals surface area contributed by atoms with Crippen LogP contribution in [0.4, 0.5) is 108 Å². The Morgan fingerprint density at radius 3 is 1.25 bits per heavy atom. The van der Waals surface area contributed by atoms with E-state index in [-0.39, 0.29) is 51.5 Å². The van der Waals surface area contributed by atoms with Crippen molar-refractivity contribution in [2.75, 3.05) is 140 Å². The summed E-state index contributed by atoms with van der Waals surface area (Å²) in [4.78, 5) is 87.9. The average Bonchev–Trinajstić information content (AvgIpc) is 1.59. The highest BCUT2D eigenvalue weighted by Gasteiger charge is 2.69. The highest BCUT2D eigenvalue weighted by molar-refractivity contribution is 7.99. The summed E-state index contributed by atoms with van der Waals surface area (Å²) in [5.74, 6) is 2.29. The molecule has 0 bridgehead atoms. The van der Waals surface area contributed by atoms with Crippen LogP contribution in [0.2, 0.25) is 0 Å². The van der Waals surface area contributed by atoms with Gasteiger partial charge in [-0.15, -0.1) is 0 Å². The number of aryl methyl sites for hydroxylation is 2. The van der Waals surface area contributed by atoms with Crippen LogP contribution in [0.5, 0.6) is 0 Å². The summed E-state index contributed by atoms with van der Waals surface area (Å²) in [5, 5.41) is 29.5. The summed E-state index contributed by atoms with van der Waals surface area (Å²) in [7, 11) is 2.17. The first-order valence-electron chi connectivity index (χ1n) is 41.5. The maximum Gasteiger partial charge on any atom is 0.403 e. The second-order valence-corrected chi connectivity index (χ2v) is 35.7. The predicted octanol–water partition coefficient (Wildman–Crippen LogP) is 17.5. The number of nitrogens with two attached hydrogens (primary N) is 2. The van der Waals surface area contributed by atoms with Gasteiger partial charge < -0.3 is 62.6 Å². The zero-order valence-corrected chi connectivity index (χ0v) is 71.5. The summed E-state index contributed by atoms with van der Waals surface area (Å²) in [6.07, 6.45) is -5.87. The molecule has 0 spiro atoms. The number of benzene rings is 3. The van der Waals surface area contributed by atoms with E-state index in [1.807, 2.05) is 38.1 Å². The number of amides is 3. The number of H-pyrrole nitrogens is 2. The normalized spacial score (nSPS) is 19.6. The minimum Gasteiger partial charge on any atom is -0.402 e. The standard InChI is InChI=1S/C29H36F3N9OS.C28H33F3N8OS.C26H32F4N8OS.10H2/c1-19-17-24(38-37-19)34-23-18-25(41-11-7-21(8-12-41)40-15-13-39(2)14-16-40)36-27(35-23)43-22-5-3-20(4-6-22)33-26(42)28(9-10-28)29(30,31)32;1-18-16-23(37-36-18)33-22-17-24(39-14-8-20(9-15-39)38-12-2-3-13-38)35-26(34-22)41-21-6-4-19(5-7-21)32-25(40)27(10-11-27)28(29,30)31;1-16(31)12-21(32)34-22-13-23(37-10-7-19(8-11-37)38-9-6-17(27)15-38)36-25(35-22)40-20-4-2-18(3-5-20)33-24(39)14-26(28,29)30;;;;;;;;;;/h3-6,17-18,21H,7-16H2,1-2H3,(H,33,42)(H2,34,35,36,37,38);4-7,16-17,20H,2-3,8-15H2,1H3,(H,32,40)(H2,33,34,35,36,37);2-5,12-13,17,19H,6-11,14-15,31H2,1H3,(H,33,39)(H2,32,34,35,36);10*1H. The molecule has 8 aliphatic rings. The van der Waals surface area contributed by atoms with Gasteiger partial charge in [0.15, 0.2) is 32.9 Å². The van der Waals surface area contributed by atoms with Gasteiger partial charge >= 0.3 is 18.5 Å². The lowest BCUT2D eigenvalue weighted by molar-refractivity contribution is -0.190. The molecule has 28 nitrogen and oxygen atoms in total. The molecule has 1 unspecified atom stereocenters. The number of piperidine rings is 3. The number of nitrogens with zero attached hydrogens (tertiary/aromatic N) is 16. The third-order valence-corrected chi connectivity index (χ3v) is 25.8. The minimum atomic E-state index is -4.58. The number of amidine groups is 1. The van der Waals surface area contributed by atoms with E-state index in [2.05, 4.69) is 98.3 Å². The number of nitrogens with one attached hydrogen (secondary N) is 7. The van der Waals surface area contributed by atoms with Gasteiger partial charge in [-0.25, -0.2) is 39.3 Å². The number of piperazine rings is 1. The van der Waals surface area contributed by atoms with Crippen LogP contribution in [0.1, 0.15) is 122 Å². The zero-order valence-electron chi connectivity index (χ0n) is 69.0. The van der Waals surface area contributed by atoms with Gasteiger partial charge in [0, 0.05) is 190 Å². The maximum atomic E-state index is 13.7. The van der Waals surface area contributed by atoms with E-state index in [1.165, 1.54) is 79.4 Å². The van der Waals surface area contributed by atoms with Gasteiger partial charge in [0.05, 0.1) is 0 Å². The molecule has 8 fully saturated rings. The molecule has 6 saturated heterocycles. The molecular formula is C83H121F10N25O3S3. The Morgan fingerprint density at radius 2 is 0.887 bits per heavy atom. The van der Waals surface area contributed by atoms with Crippen molar-refractivity contribution in [3.05, 3.63) is 126 Å². The number of aromatic nitrogens is 10. The van der Waals surface area contributed by atoms with Crippen LogP contribution >= 0.6 is 35.3 Å². The summed E-state index contributed by atoms with van der Waals surface area (Å²) in [6.45, 7) is 18.8. The average molecular weight is 1800 g/mol. The van der Waals surface area contributed by atoms with Gasteiger partial charge in [0.1, 0.15) is 58.3 Å². The van der Waals surface area contributed by atoms with Crippen molar-refractivity contribution in [2.45, 2.75) is 184 Å². The lowest BCUT2D eigenvalue weighted by Gasteiger charge is -2.42. The van der Waals surface area contributed by atoms with Crippen molar-refractivity contribution in [3.8, 4) is 0 Å². The monoisotopic (exact) mass is 1800 g/mol. The summed E-state index contributed by atoms with van der Waals surface area (Å²) < 4.78 is 131. The van der Waals surface area contributed by atoms with Crippen LogP contribution < -0.4 is 52.8 Å². The number of alkyl halides is 10. The van der Waals surface area contributed by atoms with Gasteiger partial charge in [-0.2, -0.15) is 49.7 Å². The molecule has 3 amide bonds. The molecule has 3 aromatic carbocycles. The Bertz CT molecular complexity index is 5080. The topological polar surface area (TPSA) is 333 Å². The summed E-state index contributed by atoms with van der Waals surface area (Å²) >= 11 is 3.93. The summed E-state index contributed by atoms with van der Waals surface area (Å²) in [5.41, 5.74) is 10.4. The number of halogens is 10. The molecule has 2 saturated carbocycles. The van der Waals surface area contributed by atoms with Gasteiger partial charge in [0.25, 0.3) is 0 Å². The Hall–Kier alpha value is -10.1. The molecule has 684 valence electrons. The van der Waals surface area contributed by atoms with E-state index in [4.69, 9.17) is 36.4 Å². The van der Waals surface area contributed by atoms with Crippen molar-refractivity contribution in [3.63, 3.8) is 0 Å². The molecule has 41 heteroatoms. The first kappa shape index (κ1) is 90.2. The number of anilines is 10. The lowest BCUT2D eigenvalue weighted by atomic mass is 10.0. The number of likely N-dealkylation sites (tertiary alicyclic amines) is 2. The van der Waals surface area contributed by atoms with E-state index < -0.39 is 59.7 Å². The molecule has 1 atom stereocenters. The first-order valence-corrected chi connectivity index (χ1v) is 43.9. The number of hydrogen-bond acceptors (Lipinski definition) is 25. The molecule has 11 N–H and O–H groups in total.